The van der Waals surface area contributed by atoms with Gasteiger partial charge in [-0.25, -0.2) is 9.97 Å². The van der Waals surface area contributed by atoms with Gasteiger partial charge >= 0.3 is 0 Å². The lowest BCUT2D eigenvalue weighted by Crippen LogP contribution is -2.04. The van der Waals surface area contributed by atoms with Gasteiger partial charge in [0.1, 0.15) is 11.0 Å². The summed E-state index contributed by atoms with van der Waals surface area (Å²) in [6.45, 7) is 4.30. The molecule has 4 heteroatoms. The highest BCUT2D eigenvalue weighted by atomic mass is 127. The molecule has 0 aliphatic rings. The van der Waals surface area contributed by atoms with Crippen LogP contribution >= 0.6 is 34.2 Å². The van der Waals surface area contributed by atoms with Crippen LogP contribution in [-0.2, 0) is 6.42 Å². The zero-order valence-electron chi connectivity index (χ0n) is 10.3. The van der Waals surface area contributed by atoms with Crippen LogP contribution < -0.4 is 0 Å². The Balaban J connectivity index is 2.49. The first-order valence-electron chi connectivity index (χ1n) is 5.85. The van der Waals surface area contributed by atoms with Gasteiger partial charge in [0.15, 0.2) is 0 Å². The number of hydrogen-bond acceptors (Lipinski definition) is 2. The fourth-order valence-corrected chi connectivity index (χ4v) is 2.45. The third-order valence-corrected chi connectivity index (χ3v) is 4.11. The molecule has 0 saturated heterocycles. The standard InChI is InChI=1S/C14H14ClIN2/c1-9(2)8-11-17-13(12(16)14(15)18-11)10-6-4-3-5-7-10/h3-7,9H,8H2,1-2H3. The van der Waals surface area contributed by atoms with E-state index in [1.165, 1.54) is 0 Å². The number of nitrogens with zero attached hydrogens (tertiary/aromatic N) is 2. The third-order valence-electron chi connectivity index (χ3n) is 2.50. The Hall–Kier alpha value is -0.680. The van der Waals surface area contributed by atoms with E-state index in [0.717, 1.165) is 27.1 Å². The van der Waals surface area contributed by atoms with Gasteiger partial charge in [0.25, 0.3) is 0 Å². The van der Waals surface area contributed by atoms with Crippen molar-refractivity contribution in [2.24, 2.45) is 5.92 Å². The lowest BCUT2D eigenvalue weighted by Gasteiger charge is -2.09. The second kappa shape index (κ2) is 5.97. The molecular formula is C14H14ClIN2. The van der Waals surface area contributed by atoms with Gasteiger partial charge < -0.3 is 0 Å². The second-order valence-corrected chi connectivity index (χ2v) is 5.99. The fourth-order valence-electron chi connectivity index (χ4n) is 1.71. The lowest BCUT2D eigenvalue weighted by molar-refractivity contribution is 0.621. The van der Waals surface area contributed by atoms with Crippen LogP contribution in [0.4, 0.5) is 0 Å². The van der Waals surface area contributed by atoms with Gasteiger partial charge in [0, 0.05) is 12.0 Å². The van der Waals surface area contributed by atoms with Crippen LogP contribution in [-0.4, -0.2) is 9.97 Å². The van der Waals surface area contributed by atoms with Crippen molar-refractivity contribution in [3.05, 3.63) is 44.9 Å². The maximum Gasteiger partial charge on any atom is 0.146 e. The summed E-state index contributed by atoms with van der Waals surface area (Å²) in [4.78, 5) is 8.99. The molecule has 0 aliphatic carbocycles. The van der Waals surface area contributed by atoms with Crippen molar-refractivity contribution < 1.29 is 0 Å². The first-order valence-corrected chi connectivity index (χ1v) is 7.31. The summed E-state index contributed by atoms with van der Waals surface area (Å²) in [5.74, 6) is 1.33. The van der Waals surface area contributed by atoms with Crippen LogP contribution in [0.3, 0.4) is 0 Å². The van der Waals surface area contributed by atoms with Crippen molar-refractivity contribution in [3.8, 4) is 11.3 Å². The zero-order valence-corrected chi connectivity index (χ0v) is 13.2. The molecule has 0 atom stereocenters. The SMILES string of the molecule is CC(C)Cc1nc(Cl)c(I)c(-c2ccccc2)n1. The maximum absolute atomic E-state index is 6.19. The van der Waals surface area contributed by atoms with Crippen molar-refractivity contribution in [1.82, 2.24) is 9.97 Å². The molecule has 0 spiro atoms. The second-order valence-electron chi connectivity index (χ2n) is 4.56. The Kier molecular flexibility index (Phi) is 4.56. The molecule has 0 saturated carbocycles. The van der Waals surface area contributed by atoms with Crippen LogP contribution in [0.15, 0.2) is 30.3 Å². The average molecular weight is 373 g/mol. The number of benzene rings is 1. The van der Waals surface area contributed by atoms with Gasteiger partial charge in [0.2, 0.25) is 0 Å². The topological polar surface area (TPSA) is 25.8 Å². The van der Waals surface area contributed by atoms with Crippen molar-refractivity contribution in [1.29, 1.82) is 0 Å². The third kappa shape index (κ3) is 3.20. The van der Waals surface area contributed by atoms with Crippen LogP contribution in [0.5, 0.6) is 0 Å². The van der Waals surface area contributed by atoms with Gasteiger partial charge in [-0.3, -0.25) is 0 Å². The number of aromatic nitrogens is 2. The molecule has 2 nitrogen and oxygen atoms in total. The Morgan fingerprint density at radius 3 is 2.44 bits per heavy atom. The van der Waals surface area contributed by atoms with Crippen molar-refractivity contribution in [2.75, 3.05) is 0 Å². The van der Waals surface area contributed by atoms with E-state index < -0.39 is 0 Å². The number of rotatable bonds is 3. The van der Waals surface area contributed by atoms with Crippen molar-refractivity contribution >= 4 is 34.2 Å². The summed E-state index contributed by atoms with van der Waals surface area (Å²) in [7, 11) is 0. The molecule has 1 heterocycles. The predicted octanol–water partition coefficient (Wildman–Crippen LogP) is 4.60. The summed E-state index contributed by atoms with van der Waals surface area (Å²) < 4.78 is 0.910. The molecule has 0 N–H and O–H groups in total. The fraction of sp³-hybridized carbons (Fsp3) is 0.286. The Morgan fingerprint density at radius 2 is 1.83 bits per heavy atom. The van der Waals surface area contributed by atoms with E-state index >= 15 is 0 Å². The van der Waals surface area contributed by atoms with E-state index in [1.807, 2.05) is 30.3 Å². The molecule has 0 unspecified atom stereocenters. The van der Waals surface area contributed by atoms with Crippen LogP contribution in [0.1, 0.15) is 19.7 Å². The molecule has 2 rings (SSSR count). The molecule has 0 aliphatic heterocycles. The van der Waals surface area contributed by atoms with E-state index in [0.29, 0.717) is 11.1 Å². The van der Waals surface area contributed by atoms with E-state index in [4.69, 9.17) is 11.6 Å². The minimum Gasteiger partial charge on any atom is -0.232 e. The Labute approximate surface area is 126 Å². The highest BCUT2D eigenvalue weighted by Gasteiger charge is 2.13. The summed E-state index contributed by atoms with van der Waals surface area (Å²) in [6, 6.07) is 10.1. The Bertz CT molecular complexity index is 541. The average Bonchev–Trinajstić information content (AvgIpc) is 2.34. The van der Waals surface area contributed by atoms with Gasteiger partial charge in [-0.15, -0.1) is 0 Å². The van der Waals surface area contributed by atoms with Crippen LogP contribution in [0.25, 0.3) is 11.3 Å². The minimum absolute atomic E-state index is 0.518. The molecule has 0 amide bonds. The molecule has 0 fully saturated rings. The molecule has 1 aromatic heterocycles. The number of hydrogen-bond donors (Lipinski definition) is 0. The van der Waals surface area contributed by atoms with E-state index in [9.17, 15) is 0 Å². The smallest absolute Gasteiger partial charge is 0.146 e. The molecule has 0 bridgehead atoms. The van der Waals surface area contributed by atoms with Crippen molar-refractivity contribution in [3.63, 3.8) is 0 Å². The highest BCUT2D eigenvalue weighted by molar-refractivity contribution is 14.1. The van der Waals surface area contributed by atoms with E-state index in [2.05, 4.69) is 46.4 Å². The van der Waals surface area contributed by atoms with Crippen LogP contribution in [0, 0.1) is 9.49 Å². The van der Waals surface area contributed by atoms with E-state index in [-0.39, 0.29) is 0 Å². The molecule has 2 aromatic rings. The maximum atomic E-state index is 6.19. The molecule has 0 radical (unpaired) electrons. The molecule has 1 aromatic carbocycles. The van der Waals surface area contributed by atoms with Crippen LogP contribution in [0.2, 0.25) is 5.15 Å². The quantitative estimate of drug-likeness (QED) is 0.581. The highest BCUT2D eigenvalue weighted by Crippen LogP contribution is 2.28. The largest absolute Gasteiger partial charge is 0.232 e. The first-order chi connectivity index (χ1) is 8.58. The van der Waals surface area contributed by atoms with Gasteiger partial charge in [0.05, 0.1) is 9.26 Å². The first kappa shape index (κ1) is 13.7. The van der Waals surface area contributed by atoms with E-state index in [1.54, 1.807) is 0 Å². The van der Waals surface area contributed by atoms with Gasteiger partial charge in [-0.05, 0) is 28.5 Å². The summed E-state index contributed by atoms with van der Waals surface area (Å²) >= 11 is 8.40. The predicted molar refractivity (Wildman–Crippen MR) is 83.7 cm³/mol. The lowest BCUT2D eigenvalue weighted by atomic mass is 10.1. The normalized spacial score (nSPS) is 10.9. The molecular weight excluding hydrogens is 359 g/mol. The summed E-state index contributed by atoms with van der Waals surface area (Å²) in [5.41, 5.74) is 2.00. The van der Waals surface area contributed by atoms with Gasteiger partial charge in [-0.1, -0.05) is 55.8 Å². The Morgan fingerprint density at radius 1 is 1.17 bits per heavy atom. The zero-order chi connectivity index (χ0) is 13.1. The van der Waals surface area contributed by atoms with Crippen molar-refractivity contribution in [2.45, 2.75) is 20.3 Å². The molecule has 18 heavy (non-hydrogen) atoms. The molecule has 94 valence electrons. The summed E-state index contributed by atoms with van der Waals surface area (Å²) in [5, 5.41) is 0.542. The summed E-state index contributed by atoms with van der Waals surface area (Å²) in [6.07, 6.45) is 0.844. The van der Waals surface area contributed by atoms with Gasteiger partial charge in [-0.2, -0.15) is 0 Å². The minimum atomic E-state index is 0.518. The monoisotopic (exact) mass is 372 g/mol. The number of halogens is 2.